The predicted octanol–water partition coefficient (Wildman–Crippen LogP) is 11.0. The van der Waals surface area contributed by atoms with Crippen molar-refractivity contribution < 1.29 is 31.1 Å². The minimum Gasteiger partial charge on any atom is -0.406 e. The van der Waals surface area contributed by atoms with Gasteiger partial charge in [0.15, 0.2) is 0 Å². The molecule has 8 heteroatoms. The zero-order valence-corrected chi connectivity index (χ0v) is 22.5. The Morgan fingerprint density at radius 3 is 1.43 bits per heavy atom. The molecule has 3 aromatic carbocycles. The van der Waals surface area contributed by atoms with Crippen LogP contribution in [0, 0.1) is 0 Å². The summed E-state index contributed by atoms with van der Waals surface area (Å²) in [7, 11) is 0. The van der Waals surface area contributed by atoms with Crippen molar-refractivity contribution in [2.45, 2.75) is 71.8 Å². The first-order valence-corrected chi connectivity index (χ1v) is 12.2. The van der Waals surface area contributed by atoms with Crippen LogP contribution in [0.25, 0.3) is 0 Å². The molecule has 0 aliphatic heterocycles. The Morgan fingerprint density at radius 2 is 1.03 bits per heavy atom. The first-order valence-electron chi connectivity index (χ1n) is 11.8. The van der Waals surface area contributed by atoms with Gasteiger partial charge in [0.05, 0.1) is 5.56 Å². The van der Waals surface area contributed by atoms with E-state index >= 15 is 0 Å². The zero-order chi connectivity index (χ0) is 28.4. The Labute approximate surface area is 220 Å². The molecule has 0 unspecified atom stereocenters. The number of benzene rings is 3. The maximum Gasteiger partial charge on any atom is 0.573 e. The van der Waals surface area contributed by atoms with Gasteiger partial charge < -0.3 is 4.74 Å². The maximum absolute atomic E-state index is 12.2. The van der Waals surface area contributed by atoms with Crippen molar-refractivity contribution in [1.29, 1.82) is 0 Å². The summed E-state index contributed by atoms with van der Waals surface area (Å²) >= 11 is 5.79. The van der Waals surface area contributed by atoms with Crippen molar-refractivity contribution in [2.75, 3.05) is 0 Å². The number of alkyl halides is 6. The SMILES string of the molecule is CC(C)c1cccc(C(F)(F)F)c1.CC(C)c1cccc(Cl)c1.CC(C)c1cccc(OC(F)(F)F)c1. The first kappa shape index (κ1) is 32.4. The van der Waals surface area contributed by atoms with E-state index in [0.717, 1.165) is 22.2 Å². The number of hydrogen-bond donors (Lipinski definition) is 0. The molecule has 0 heterocycles. The molecular weight excluding hydrogens is 514 g/mol. The molecule has 0 aromatic heterocycles. The predicted molar refractivity (Wildman–Crippen MR) is 138 cm³/mol. The number of hydrogen-bond acceptors (Lipinski definition) is 1. The third-order valence-electron chi connectivity index (χ3n) is 5.15. The molecule has 0 aliphatic rings. The molecule has 0 aliphatic carbocycles. The van der Waals surface area contributed by atoms with Gasteiger partial charge in [-0.3, -0.25) is 0 Å². The summed E-state index contributed by atoms with van der Waals surface area (Å²) in [5.74, 6) is 0.719. The van der Waals surface area contributed by atoms with E-state index in [1.54, 1.807) is 18.2 Å². The average Bonchev–Trinajstić information content (AvgIpc) is 2.78. The van der Waals surface area contributed by atoms with Crippen LogP contribution in [-0.4, -0.2) is 6.36 Å². The highest BCUT2D eigenvalue weighted by Crippen LogP contribution is 2.31. The van der Waals surface area contributed by atoms with E-state index in [4.69, 9.17) is 11.6 Å². The van der Waals surface area contributed by atoms with Crippen LogP contribution in [0.2, 0.25) is 5.02 Å². The molecule has 0 amide bonds. The van der Waals surface area contributed by atoms with Crippen LogP contribution in [-0.2, 0) is 6.18 Å². The normalized spacial score (nSPS) is 11.6. The lowest BCUT2D eigenvalue weighted by Gasteiger charge is -2.11. The lowest BCUT2D eigenvalue weighted by Crippen LogP contribution is -2.17. The van der Waals surface area contributed by atoms with E-state index in [2.05, 4.69) is 24.7 Å². The molecule has 37 heavy (non-hydrogen) atoms. The third-order valence-corrected chi connectivity index (χ3v) is 5.39. The number of halogens is 7. The minimum absolute atomic E-state index is 0.127. The first-order chi connectivity index (χ1) is 17.0. The van der Waals surface area contributed by atoms with Crippen LogP contribution in [0.1, 0.15) is 81.5 Å². The average molecular weight is 547 g/mol. The van der Waals surface area contributed by atoms with Gasteiger partial charge >= 0.3 is 12.5 Å². The second-order valence-electron chi connectivity index (χ2n) is 9.26. The molecule has 3 aromatic rings. The van der Waals surface area contributed by atoms with Gasteiger partial charge in [0, 0.05) is 5.02 Å². The molecule has 0 atom stereocenters. The van der Waals surface area contributed by atoms with Gasteiger partial charge in [0.1, 0.15) is 5.75 Å². The van der Waals surface area contributed by atoms with E-state index in [9.17, 15) is 26.3 Å². The summed E-state index contributed by atoms with van der Waals surface area (Å²) in [6, 6.07) is 19.4. The highest BCUT2D eigenvalue weighted by molar-refractivity contribution is 6.30. The van der Waals surface area contributed by atoms with E-state index in [0.29, 0.717) is 5.92 Å². The van der Waals surface area contributed by atoms with Crippen LogP contribution in [0.5, 0.6) is 5.75 Å². The number of ether oxygens (including phenoxy) is 1. The van der Waals surface area contributed by atoms with Gasteiger partial charge in [0.2, 0.25) is 0 Å². The lowest BCUT2D eigenvalue weighted by molar-refractivity contribution is -0.274. The third kappa shape index (κ3) is 12.9. The smallest absolute Gasteiger partial charge is 0.406 e. The fourth-order valence-corrected chi connectivity index (χ4v) is 3.21. The summed E-state index contributed by atoms with van der Waals surface area (Å²) in [5.41, 5.74) is 2.27. The highest BCUT2D eigenvalue weighted by Gasteiger charge is 2.31. The largest absolute Gasteiger partial charge is 0.573 e. The molecule has 3 rings (SSSR count). The van der Waals surface area contributed by atoms with Crippen LogP contribution in [0.3, 0.4) is 0 Å². The zero-order valence-electron chi connectivity index (χ0n) is 21.7. The summed E-state index contributed by atoms with van der Waals surface area (Å²) in [5, 5.41) is 0.825. The Hall–Kier alpha value is -2.67. The van der Waals surface area contributed by atoms with Crippen molar-refractivity contribution in [2.24, 2.45) is 0 Å². The van der Waals surface area contributed by atoms with Crippen LogP contribution in [0.15, 0.2) is 72.8 Å². The van der Waals surface area contributed by atoms with Crippen molar-refractivity contribution in [3.05, 3.63) is 100 Å². The van der Waals surface area contributed by atoms with Crippen LogP contribution >= 0.6 is 11.6 Å². The van der Waals surface area contributed by atoms with Gasteiger partial charge in [-0.1, -0.05) is 95.6 Å². The number of rotatable bonds is 4. The Morgan fingerprint density at radius 1 is 0.595 bits per heavy atom. The summed E-state index contributed by atoms with van der Waals surface area (Å²) in [4.78, 5) is 0. The standard InChI is InChI=1S/C10H11F3O.C10H11F3.C9H11Cl/c1-7(2)8-4-3-5-9(6-8)14-10(11,12)13;1-7(2)8-4-3-5-9(6-8)10(11,12)13;1-7(2)8-4-3-5-9(10)6-8/h3-7H,1-2H3;3-7H,1-2H3;3-7H,1-2H3. The van der Waals surface area contributed by atoms with Gasteiger partial charge in [-0.2, -0.15) is 13.2 Å². The maximum atomic E-state index is 12.2. The highest BCUT2D eigenvalue weighted by atomic mass is 35.5. The molecule has 204 valence electrons. The molecule has 0 bridgehead atoms. The van der Waals surface area contributed by atoms with Gasteiger partial charge in [-0.25, -0.2) is 0 Å². The molecule has 0 N–H and O–H groups in total. The molecule has 0 saturated carbocycles. The topological polar surface area (TPSA) is 9.23 Å². The summed E-state index contributed by atoms with van der Waals surface area (Å²) in [6.45, 7) is 11.9. The molecular formula is C29H33ClF6O. The van der Waals surface area contributed by atoms with Crippen LogP contribution in [0.4, 0.5) is 26.3 Å². The van der Waals surface area contributed by atoms with E-state index in [-0.39, 0.29) is 17.6 Å². The Kier molecular flexibility index (Phi) is 12.5. The van der Waals surface area contributed by atoms with E-state index < -0.39 is 18.1 Å². The molecule has 0 saturated heterocycles. The monoisotopic (exact) mass is 546 g/mol. The minimum atomic E-state index is -4.62. The Balaban J connectivity index is 0.000000281. The molecule has 1 nitrogen and oxygen atoms in total. The van der Waals surface area contributed by atoms with Crippen molar-refractivity contribution in [3.63, 3.8) is 0 Å². The summed E-state index contributed by atoms with van der Waals surface area (Å²) in [6.07, 6.45) is -8.85. The quantitative estimate of drug-likeness (QED) is 0.296. The lowest BCUT2D eigenvalue weighted by atomic mass is 10.0. The second kappa shape index (κ2) is 14.3. The summed E-state index contributed by atoms with van der Waals surface area (Å²) < 4.78 is 76.0. The Bertz CT molecular complexity index is 1090. The molecule has 0 spiro atoms. The van der Waals surface area contributed by atoms with Crippen molar-refractivity contribution >= 4 is 11.6 Å². The van der Waals surface area contributed by atoms with E-state index in [1.807, 2.05) is 45.9 Å². The van der Waals surface area contributed by atoms with Crippen molar-refractivity contribution in [3.8, 4) is 5.75 Å². The van der Waals surface area contributed by atoms with Gasteiger partial charge in [-0.05, 0) is 64.8 Å². The molecule has 0 radical (unpaired) electrons. The fourth-order valence-electron chi connectivity index (χ4n) is 3.01. The van der Waals surface area contributed by atoms with Crippen molar-refractivity contribution in [1.82, 2.24) is 0 Å². The second-order valence-corrected chi connectivity index (χ2v) is 9.70. The molecule has 0 fully saturated rings. The van der Waals surface area contributed by atoms with Gasteiger partial charge in [0.25, 0.3) is 0 Å². The van der Waals surface area contributed by atoms with E-state index in [1.165, 1.54) is 29.8 Å². The van der Waals surface area contributed by atoms with Crippen LogP contribution < -0.4 is 4.74 Å². The van der Waals surface area contributed by atoms with Gasteiger partial charge in [-0.15, -0.1) is 13.2 Å². The fraction of sp³-hybridized carbons (Fsp3) is 0.379.